The van der Waals surface area contributed by atoms with Gasteiger partial charge in [0.1, 0.15) is 0 Å². The quantitative estimate of drug-likeness (QED) is 0.539. The lowest BCUT2D eigenvalue weighted by Gasteiger charge is -1.94. The number of anilines is 1. The molecule has 51 valence electrons. The van der Waals surface area contributed by atoms with Crippen molar-refractivity contribution in [2.45, 2.75) is 0 Å². The van der Waals surface area contributed by atoms with Crippen LogP contribution in [0.1, 0.15) is 10.4 Å². The number of amides is 1. The van der Waals surface area contributed by atoms with Crippen LogP contribution in [-0.2, 0) is 0 Å². The number of benzene rings is 1. The van der Waals surface area contributed by atoms with Crippen LogP contribution in [0.5, 0.6) is 0 Å². The summed E-state index contributed by atoms with van der Waals surface area (Å²) in [6, 6.07) is 7.27. The molecular weight excluding hydrogens is 128 g/mol. The lowest BCUT2D eigenvalue weighted by Crippen LogP contribution is -2.10. The molecule has 10 heavy (non-hydrogen) atoms. The number of nitrogens with two attached hydrogens (primary N) is 2. The second-order valence-electron chi connectivity index (χ2n) is 1.92. The molecule has 1 aromatic carbocycles. The number of carbonyl (C=O) groups excluding carboxylic acids is 1. The number of nitrogen functional groups attached to an aromatic ring is 1. The topological polar surface area (TPSA) is 69.1 Å². The summed E-state index contributed by atoms with van der Waals surface area (Å²) in [7, 11) is 0. The van der Waals surface area contributed by atoms with Crippen LogP contribution in [0.4, 0.5) is 5.69 Å². The molecule has 0 aliphatic rings. The molecule has 1 radical (unpaired) electrons. The highest BCUT2D eigenvalue weighted by Crippen LogP contribution is 2.03. The van der Waals surface area contributed by atoms with Gasteiger partial charge in [-0.1, -0.05) is 0 Å². The van der Waals surface area contributed by atoms with Gasteiger partial charge in [-0.3, -0.25) is 4.79 Å². The summed E-state index contributed by atoms with van der Waals surface area (Å²) in [6.45, 7) is 0. The van der Waals surface area contributed by atoms with Crippen molar-refractivity contribution in [1.82, 2.24) is 0 Å². The molecule has 0 aromatic heterocycles. The zero-order valence-corrected chi connectivity index (χ0v) is 5.29. The van der Waals surface area contributed by atoms with Crippen molar-refractivity contribution in [3.8, 4) is 0 Å². The third kappa shape index (κ3) is 1.25. The number of primary amides is 1. The monoisotopic (exact) mass is 135 g/mol. The highest BCUT2D eigenvalue weighted by Gasteiger charge is 1.97. The summed E-state index contributed by atoms with van der Waals surface area (Å²) in [4.78, 5) is 10.5. The van der Waals surface area contributed by atoms with Gasteiger partial charge in [0.15, 0.2) is 0 Å². The fourth-order valence-electron chi connectivity index (χ4n) is 0.633. The summed E-state index contributed by atoms with van der Waals surface area (Å²) in [5.74, 6) is -0.483. The number of hydrogen-bond acceptors (Lipinski definition) is 2. The average Bonchev–Trinajstić information content (AvgIpc) is 1.88. The van der Waals surface area contributed by atoms with E-state index in [-0.39, 0.29) is 0 Å². The first-order valence-corrected chi connectivity index (χ1v) is 2.76. The molecule has 1 rings (SSSR count). The Hall–Kier alpha value is -1.51. The zero-order chi connectivity index (χ0) is 7.56. The molecule has 0 atom stereocenters. The first-order chi connectivity index (χ1) is 4.70. The first kappa shape index (κ1) is 6.61. The predicted octanol–water partition coefficient (Wildman–Crippen LogP) is 0.168. The van der Waals surface area contributed by atoms with Crippen LogP contribution < -0.4 is 11.5 Å². The molecule has 0 aliphatic heterocycles. The summed E-state index contributed by atoms with van der Waals surface area (Å²) < 4.78 is 0. The van der Waals surface area contributed by atoms with E-state index in [0.29, 0.717) is 11.3 Å². The standard InChI is InChI=1S/C7H7N2O/c8-6-3-1-2-5(4-6)7(9)10/h2-4H,8H2,(H2,9,10). The van der Waals surface area contributed by atoms with E-state index < -0.39 is 5.91 Å². The number of carbonyl (C=O) groups is 1. The summed E-state index contributed by atoms with van der Waals surface area (Å²) >= 11 is 0. The Balaban J connectivity index is 3.07. The van der Waals surface area contributed by atoms with Gasteiger partial charge in [0.25, 0.3) is 0 Å². The Morgan fingerprint density at radius 3 is 2.60 bits per heavy atom. The van der Waals surface area contributed by atoms with Gasteiger partial charge in [-0.2, -0.15) is 0 Å². The maximum absolute atomic E-state index is 10.5. The molecular formula is C7H7N2O. The van der Waals surface area contributed by atoms with Gasteiger partial charge in [0.2, 0.25) is 5.91 Å². The molecule has 0 saturated heterocycles. The fourth-order valence-corrected chi connectivity index (χ4v) is 0.633. The SMILES string of the molecule is NC(=O)c1c[c]cc(N)c1. The molecule has 4 N–H and O–H groups in total. The second-order valence-corrected chi connectivity index (χ2v) is 1.92. The van der Waals surface area contributed by atoms with Crippen LogP contribution in [0.15, 0.2) is 18.2 Å². The number of hydrogen-bond donors (Lipinski definition) is 2. The average molecular weight is 135 g/mol. The van der Waals surface area contributed by atoms with Crippen molar-refractivity contribution in [3.05, 3.63) is 29.8 Å². The maximum atomic E-state index is 10.5. The zero-order valence-electron chi connectivity index (χ0n) is 5.29. The van der Waals surface area contributed by atoms with Gasteiger partial charge in [-0.05, 0) is 24.3 Å². The predicted molar refractivity (Wildman–Crippen MR) is 38.2 cm³/mol. The summed E-state index contributed by atoms with van der Waals surface area (Å²) in [5, 5.41) is 0. The molecule has 0 fully saturated rings. The van der Waals surface area contributed by atoms with Crippen LogP contribution in [-0.4, -0.2) is 5.91 Å². The summed E-state index contributed by atoms with van der Waals surface area (Å²) in [6.07, 6.45) is 0. The van der Waals surface area contributed by atoms with E-state index in [1.807, 2.05) is 0 Å². The lowest BCUT2D eigenvalue weighted by atomic mass is 10.2. The van der Waals surface area contributed by atoms with Crippen LogP contribution in [0.3, 0.4) is 0 Å². The number of rotatable bonds is 1. The van der Waals surface area contributed by atoms with E-state index in [1.165, 1.54) is 12.1 Å². The summed E-state index contributed by atoms with van der Waals surface area (Å²) in [5.41, 5.74) is 11.2. The minimum Gasteiger partial charge on any atom is -0.399 e. The van der Waals surface area contributed by atoms with E-state index in [4.69, 9.17) is 11.5 Å². The van der Waals surface area contributed by atoms with Crippen molar-refractivity contribution in [2.75, 3.05) is 5.73 Å². The molecule has 1 amide bonds. The Bertz CT molecular complexity index is 258. The molecule has 3 heteroatoms. The van der Waals surface area contributed by atoms with Gasteiger partial charge in [-0.15, -0.1) is 0 Å². The van der Waals surface area contributed by atoms with Gasteiger partial charge in [0, 0.05) is 11.3 Å². The highest BCUT2D eigenvalue weighted by atomic mass is 16.1. The van der Waals surface area contributed by atoms with E-state index in [1.54, 1.807) is 6.07 Å². The van der Waals surface area contributed by atoms with Crippen LogP contribution >= 0.6 is 0 Å². The molecule has 0 heterocycles. The third-order valence-electron chi connectivity index (χ3n) is 1.10. The van der Waals surface area contributed by atoms with Crippen LogP contribution in [0, 0.1) is 6.07 Å². The minimum absolute atomic E-state index is 0.389. The van der Waals surface area contributed by atoms with Crippen LogP contribution in [0.25, 0.3) is 0 Å². The van der Waals surface area contributed by atoms with Crippen molar-refractivity contribution >= 4 is 11.6 Å². The molecule has 0 saturated carbocycles. The van der Waals surface area contributed by atoms with Crippen molar-refractivity contribution in [1.29, 1.82) is 0 Å². The van der Waals surface area contributed by atoms with Gasteiger partial charge < -0.3 is 11.5 Å². The van der Waals surface area contributed by atoms with Crippen molar-refractivity contribution < 1.29 is 4.79 Å². The molecule has 3 nitrogen and oxygen atoms in total. The lowest BCUT2D eigenvalue weighted by molar-refractivity contribution is 0.100. The molecule has 1 aromatic rings. The second kappa shape index (κ2) is 2.39. The van der Waals surface area contributed by atoms with Crippen molar-refractivity contribution in [3.63, 3.8) is 0 Å². The molecule has 0 aliphatic carbocycles. The fraction of sp³-hybridized carbons (Fsp3) is 0. The third-order valence-corrected chi connectivity index (χ3v) is 1.10. The minimum atomic E-state index is -0.483. The normalized spacial score (nSPS) is 9.20. The van der Waals surface area contributed by atoms with Crippen LogP contribution in [0.2, 0.25) is 0 Å². The molecule has 0 bridgehead atoms. The Morgan fingerprint density at radius 2 is 2.20 bits per heavy atom. The Morgan fingerprint density at radius 1 is 1.50 bits per heavy atom. The van der Waals surface area contributed by atoms with E-state index in [2.05, 4.69) is 6.07 Å². The first-order valence-electron chi connectivity index (χ1n) is 2.76. The molecule has 0 spiro atoms. The Kier molecular flexibility index (Phi) is 1.58. The van der Waals surface area contributed by atoms with E-state index >= 15 is 0 Å². The smallest absolute Gasteiger partial charge is 0.248 e. The van der Waals surface area contributed by atoms with Gasteiger partial charge >= 0.3 is 0 Å². The van der Waals surface area contributed by atoms with Crippen molar-refractivity contribution in [2.24, 2.45) is 5.73 Å². The maximum Gasteiger partial charge on any atom is 0.248 e. The van der Waals surface area contributed by atoms with E-state index in [0.717, 1.165) is 0 Å². The largest absolute Gasteiger partial charge is 0.399 e. The van der Waals surface area contributed by atoms with Gasteiger partial charge in [0.05, 0.1) is 0 Å². The Labute approximate surface area is 58.6 Å². The molecule has 0 unspecified atom stereocenters. The van der Waals surface area contributed by atoms with Gasteiger partial charge in [-0.25, -0.2) is 0 Å². The van der Waals surface area contributed by atoms with E-state index in [9.17, 15) is 4.79 Å². The highest BCUT2D eigenvalue weighted by molar-refractivity contribution is 5.93.